The molecule has 0 bridgehead atoms. The molecule has 24 heavy (non-hydrogen) atoms. The van der Waals surface area contributed by atoms with Gasteiger partial charge in [0, 0.05) is 26.1 Å². The fourth-order valence-corrected chi connectivity index (χ4v) is 3.85. The number of carbonyl (C=O) groups excluding carboxylic acids is 1. The number of nitrogens with zero attached hydrogens (tertiary/aromatic N) is 3. The first kappa shape index (κ1) is 15.4. The van der Waals surface area contributed by atoms with Crippen molar-refractivity contribution in [1.29, 1.82) is 0 Å². The molecule has 0 spiro atoms. The summed E-state index contributed by atoms with van der Waals surface area (Å²) in [6, 6.07) is 19.3. The van der Waals surface area contributed by atoms with Crippen molar-refractivity contribution >= 4 is 5.91 Å². The van der Waals surface area contributed by atoms with Gasteiger partial charge in [-0.25, -0.2) is 5.01 Å². The molecule has 2 aromatic rings. The van der Waals surface area contributed by atoms with Crippen LogP contribution < -0.4 is 0 Å². The summed E-state index contributed by atoms with van der Waals surface area (Å²) in [6.07, 6.45) is 0.627. The minimum absolute atomic E-state index is 0.242. The van der Waals surface area contributed by atoms with Crippen LogP contribution in [0.3, 0.4) is 0 Å². The maximum atomic E-state index is 12.3. The van der Waals surface area contributed by atoms with Gasteiger partial charge in [-0.1, -0.05) is 54.6 Å². The lowest BCUT2D eigenvalue weighted by Crippen LogP contribution is -2.55. The molecule has 124 valence electrons. The minimum Gasteiger partial charge on any atom is -0.278 e. The molecule has 2 aliphatic heterocycles. The molecule has 2 fully saturated rings. The number of benzene rings is 2. The fraction of sp³-hybridized carbons (Fsp3) is 0.350. The normalized spacial score (nSPS) is 22.0. The highest BCUT2D eigenvalue weighted by molar-refractivity contribution is 5.77. The Hall–Kier alpha value is -2.17. The van der Waals surface area contributed by atoms with Gasteiger partial charge in [-0.15, -0.1) is 0 Å². The lowest BCUT2D eigenvalue weighted by molar-refractivity contribution is -0.158. The van der Waals surface area contributed by atoms with Crippen molar-refractivity contribution in [2.24, 2.45) is 0 Å². The number of hydrazine groups is 1. The third-order valence-electron chi connectivity index (χ3n) is 5.07. The molecule has 0 aromatic heterocycles. The summed E-state index contributed by atoms with van der Waals surface area (Å²) in [6.45, 7) is 5.51. The number of hydrogen-bond donors (Lipinski definition) is 0. The molecule has 2 aliphatic rings. The van der Waals surface area contributed by atoms with Gasteiger partial charge in [0.05, 0.1) is 12.7 Å². The Bertz CT molecular complexity index is 731. The van der Waals surface area contributed by atoms with Gasteiger partial charge in [0.25, 0.3) is 0 Å². The smallest absolute Gasteiger partial charge is 0.239 e. The first-order valence-electron chi connectivity index (χ1n) is 8.61. The quantitative estimate of drug-likeness (QED) is 0.869. The van der Waals surface area contributed by atoms with Crippen LogP contribution in [-0.4, -0.2) is 40.6 Å². The second-order valence-corrected chi connectivity index (χ2v) is 6.72. The van der Waals surface area contributed by atoms with Crippen LogP contribution in [0, 0.1) is 6.92 Å². The molecular formula is C20H23N3O. The highest BCUT2D eigenvalue weighted by atomic mass is 16.2. The van der Waals surface area contributed by atoms with Gasteiger partial charge in [0.1, 0.15) is 0 Å². The maximum Gasteiger partial charge on any atom is 0.239 e. The number of amides is 1. The van der Waals surface area contributed by atoms with Crippen molar-refractivity contribution in [3.8, 4) is 0 Å². The SMILES string of the molecule is Cc1ccccc1C1CN(Cc2ccccc2)CN2C(=O)CCN12. The number of fused-ring (bicyclic) bond motifs is 1. The highest BCUT2D eigenvalue weighted by Crippen LogP contribution is 2.33. The number of aryl methyl sites for hydroxylation is 1. The number of hydrogen-bond acceptors (Lipinski definition) is 3. The summed E-state index contributed by atoms with van der Waals surface area (Å²) >= 11 is 0. The minimum atomic E-state index is 0.242. The molecule has 2 saturated heterocycles. The molecule has 1 amide bonds. The summed E-state index contributed by atoms with van der Waals surface area (Å²) in [7, 11) is 0. The van der Waals surface area contributed by atoms with E-state index in [2.05, 4.69) is 65.4 Å². The zero-order valence-corrected chi connectivity index (χ0v) is 14.1. The maximum absolute atomic E-state index is 12.3. The van der Waals surface area contributed by atoms with Gasteiger partial charge >= 0.3 is 0 Å². The predicted octanol–water partition coefficient (Wildman–Crippen LogP) is 2.96. The van der Waals surface area contributed by atoms with Crippen LogP contribution in [0.25, 0.3) is 0 Å². The molecule has 0 aliphatic carbocycles. The lowest BCUT2D eigenvalue weighted by atomic mass is 9.99. The first-order chi connectivity index (χ1) is 11.7. The van der Waals surface area contributed by atoms with Crippen molar-refractivity contribution in [2.45, 2.75) is 25.9 Å². The monoisotopic (exact) mass is 321 g/mol. The second kappa shape index (κ2) is 6.38. The van der Waals surface area contributed by atoms with Crippen LogP contribution in [0.15, 0.2) is 54.6 Å². The van der Waals surface area contributed by atoms with E-state index in [1.165, 1.54) is 16.7 Å². The van der Waals surface area contributed by atoms with E-state index < -0.39 is 0 Å². The Morgan fingerprint density at radius 1 is 1.04 bits per heavy atom. The standard InChI is InChI=1S/C20H23N3O/c1-16-7-5-6-10-18(16)19-14-21(13-17-8-3-2-4-9-17)15-23-20(24)11-12-22(19)23/h2-10,19H,11-15H2,1H3. The van der Waals surface area contributed by atoms with Crippen molar-refractivity contribution in [1.82, 2.24) is 14.9 Å². The van der Waals surface area contributed by atoms with Crippen LogP contribution >= 0.6 is 0 Å². The molecular weight excluding hydrogens is 298 g/mol. The molecule has 0 saturated carbocycles. The molecule has 2 heterocycles. The molecule has 4 rings (SSSR count). The molecule has 2 aromatic carbocycles. The summed E-state index contributed by atoms with van der Waals surface area (Å²) in [4.78, 5) is 14.7. The second-order valence-electron chi connectivity index (χ2n) is 6.72. The van der Waals surface area contributed by atoms with E-state index in [-0.39, 0.29) is 11.9 Å². The van der Waals surface area contributed by atoms with Gasteiger partial charge in [-0.05, 0) is 23.6 Å². The average molecular weight is 321 g/mol. The molecule has 1 atom stereocenters. The van der Waals surface area contributed by atoms with E-state index in [1.807, 2.05) is 11.1 Å². The third kappa shape index (κ3) is 2.83. The third-order valence-corrected chi connectivity index (χ3v) is 5.07. The van der Waals surface area contributed by atoms with Gasteiger partial charge in [0.15, 0.2) is 0 Å². The zero-order chi connectivity index (χ0) is 16.5. The number of rotatable bonds is 3. The Balaban J connectivity index is 1.62. The molecule has 4 nitrogen and oxygen atoms in total. The number of carbonyl (C=O) groups is 1. The summed E-state index contributed by atoms with van der Waals surface area (Å²) in [5.74, 6) is 0.242. The van der Waals surface area contributed by atoms with E-state index in [0.29, 0.717) is 13.1 Å². The van der Waals surface area contributed by atoms with Crippen LogP contribution in [0.5, 0.6) is 0 Å². The van der Waals surface area contributed by atoms with Gasteiger partial charge in [-0.3, -0.25) is 14.7 Å². The molecule has 1 unspecified atom stereocenters. The highest BCUT2D eigenvalue weighted by Gasteiger charge is 2.40. The van der Waals surface area contributed by atoms with Crippen LogP contribution in [0.2, 0.25) is 0 Å². The first-order valence-corrected chi connectivity index (χ1v) is 8.61. The van der Waals surface area contributed by atoms with Gasteiger partial charge in [-0.2, -0.15) is 0 Å². The fourth-order valence-electron chi connectivity index (χ4n) is 3.85. The van der Waals surface area contributed by atoms with Crippen LogP contribution in [0.1, 0.15) is 29.2 Å². The van der Waals surface area contributed by atoms with Crippen molar-refractivity contribution in [2.75, 3.05) is 19.8 Å². The van der Waals surface area contributed by atoms with Crippen LogP contribution in [-0.2, 0) is 11.3 Å². The average Bonchev–Trinajstić information content (AvgIpc) is 2.97. The Labute approximate surface area is 143 Å². The molecule has 0 N–H and O–H groups in total. The lowest BCUT2D eigenvalue weighted by Gasteiger charge is -2.45. The molecule has 0 radical (unpaired) electrons. The largest absolute Gasteiger partial charge is 0.278 e. The van der Waals surface area contributed by atoms with E-state index in [4.69, 9.17) is 0 Å². The molecule has 4 heteroatoms. The summed E-state index contributed by atoms with van der Waals surface area (Å²) in [5, 5.41) is 4.22. The summed E-state index contributed by atoms with van der Waals surface area (Å²) in [5.41, 5.74) is 3.92. The van der Waals surface area contributed by atoms with E-state index in [0.717, 1.165) is 19.6 Å². The van der Waals surface area contributed by atoms with Crippen molar-refractivity contribution in [3.63, 3.8) is 0 Å². The van der Waals surface area contributed by atoms with E-state index in [1.54, 1.807) is 0 Å². The van der Waals surface area contributed by atoms with Crippen LogP contribution in [0.4, 0.5) is 0 Å². The van der Waals surface area contributed by atoms with E-state index in [9.17, 15) is 4.79 Å². The summed E-state index contributed by atoms with van der Waals surface area (Å²) < 4.78 is 0. The van der Waals surface area contributed by atoms with Crippen molar-refractivity contribution in [3.05, 3.63) is 71.3 Å². The Morgan fingerprint density at radius 2 is 1.79 bits per heavy atom. The van der Waals surface area contributed by atoms with Gasteiger partial charge < -0.3 is 0 Å². The predicted molar refractivity (Wildman–Crippen MR) is 93.8 cm³/mol. The zero-order valence-electron chi connectivity index (χ0n) is 14.1. The Kier molecular flexibility index (Phi) is 4.08. The topological polar surface area (TPSA) is 26.8 Å². The van der Waals surface area contributed by atoms with Gasteiger partial charge in [0.2, 0.25) is 5.91 Å². The Morgan fingerprint density at radius 3 is 2.58 bits per heavy atom. The van der Waals surface area contributed by atoms with Crippen molar-refractivity contribution < 1.29 is 4.79 Å². The van der Waals surface area contributed by atoms with E-state index >= 15 is 0 Å².